The highest BCUT2D eigenvalue weighted by molar-refractivity contribution is 14.1. The second-order valence-electron chi connectivity index (χ2n) is 4.89. The third-order valence-electron chi connectivity index (χ3n) is 3.14. The zero-order valence-electron chi connectivity index (χ0n) is 12.3. The first-order valence-electron chi connectivity index (χ1n) is 6.73. The summed E-state index contributed by atoms with van der Waals surface area (Å²) in [6.45, 7) is 2.41. The number of hydrogen-bond acceptors (Lipinski definition) is 3. The number of aromatic nitrogens is 1. The van der Waals surface area contributed by atoms with Crippen LogP contribution in [0.4, 0.5) is 4.39 Å². The van der Waals surface area contributed by atoms with E-state index in [9.17, 15) is 4.39 Å². The number of methoxy groups -OCH3 is 1. The van der Waals surface area contributed by atoms with Gasteiger partial charge in [-0.15, -0.1) is 0 Å². The Morgan fingerprint density at radius 2 is 2.14 bits per heavy atom. The summed E-state index contributed by atoms with van der Waals surface area (Å²) in [5.41, 5.74) is 1.85. The standard InChI is InChI=1S/C16H16ClFINO2/c1-10(5-11-3-4-13(17)14(18)6-11)22-9-12-8-20-16(21-2)7-15(12)19/h3-4,6-8,10H,5,9H2,1-2H3. The number of halogens is 3. The number of ether oxygens (including phenoxy) is 2. The molecule has 0 bridgehead atoms. The van der Waals surface area contributed by atoms with E-state index in [0.29, 0.717) is 18.9 Å². The van der Waals surface area contributed by atoms with Crippen LogP contribution in [0.5, 0.6) is 5.88 Å². The maximum Gasteiger partial charge on any atom is 0.213 e. The van der Waals surface area contributed by atoms with Gasteiger partial charge in [-0.2, -0.15) is 0 Å². The van der Waals surface area contributed by atoms with Crippen molar-refractivity contribution < 1.29 is 13.9 Å². The summed E-state index contributed by atoms with van der Waals surface area (Å²) < 4.78 is 25.3. The minimum absolute atomic E-state index is 0.0431. The minimum atomic E-state index is -0.403. The fourth-order valence-electron chi connectivity index (χ4n) is 1.95. The molecule has 1 aromatic carbocycles. The Bertz CT molecular complexity index is 654. The Kier molecular flexibility index (Phi) is 6.40. The normalized spacial score (nSPS) is 12.2. The summed E-state index contributed by atoms with van der Waals surface area (Å²) in [6, 6.07) is 6.68. The van der Waals surface area contributed by atoms with Crippen LogP contribution in [0.1, 0.15) is 18.1 Å². The quantitative estimate of drug-likeness (QED) is 0.620. The number of benzene rings is 1. The molecule has 0 radical (unpaired) electrons. The molecule has 1 aromatic heterocycles. The summed E-state index contributed by atoms with van der Waals surface area (Å²) in [5, 5.41) is 0.135. The zero-order valence-corrected chi connectivity index (χ0v) is 15.2. The molecule has 0 N–H and O–H groups in total. The number of nitrogens with zero attached hydrogens (tertiary/aromatic N) is 1. The van der Waals surface area contributed by atoms with E-state index in [1.54, 1.807) is 19.4 Å². The van der Waals surface area contributed by atoms with Gasteiger partial charge >= 0.3 is 0 Å². The van der Waals surface area contributed by atoms with Crippen molar-refractivity contribution in [1.82, 2.24) is 4.98 Å². The van der Waals surface area contributed by atoms with Crippen molar-refractivity contribution in [2.24, 2.45) is 0 Å². The van der Waals surface area contributed by atoms with Crippen LogP contribution in [-0.4, -0.2) is 18.2 Å². The Balaban J connectivity index is 1.92. The predicted octanol–water partition coefficient (Wildman–Crippen LogP) is 4.64. The molecule has 1 unspecified atom stereocenters. The van der Waals surface area contributed by atoms with E-state index >= 15 is 0 Å². The van der Waals surface area contributed by atoms with Crippen molar-refractivity contribution in [2.45, 2.75) is 26.1 Å². The van der Waals surface area contributed by atoms with Gasteiger partial charge in [0, 0.05) is 21.4 Å². The average molecular weight is 436 g/mol. The Labute approximate surface area is 147 Å². The number of hydrogen-bond donors (Lipinski definition) is 0. The summed E-state index contributed by atoms with van der Waals surface area (Å²) in [5.74, 6) is 0.179. The van der Waals surface area contributed by atoms with Gasteiger partial charge in [-0.05, 0) is 53.6 Å². The van der Waals surface area contributed by atoms with Crippen LogP contribution in [0.25, 0.3) is 0 Å². The van der Waals surface area contributed by atoms with Gasteiger partial charge in [-0.25, -0.2) is 9.37 Å². The molecule has 0 aliphatic rings. The van der Waals surface area contributed by atoms with Crippen LogP contribution in [0.15, 0.2) is 30.5 Å². The van der Waals surface area contributed by atoms with Gasteiger partial charge < -0.3 is 9.47 Å². The summed E-state index contributed by atoms with van der Waals surface area (Å²) in [6.07, 6.45) is 2.32. The first-order valence-corrected chi connectivity index (χ1v) is 8.19. The maximum absolute atomic E-state index is 13.4. The van der Waals surface area contributed by atoms with E-state index < -0.39 is 5.82 Å². The second-order valence-corrected chi connectivity index (χ2v) is 6.46. The van der Waals surface area contributed by atoms with Crippen LogP contribution >= 0.6 is 34.2 Å². The molecule has 0 aliphatic carbocycles. The van der Waals surface area contributed by atoms with Crippen LogP contribution < -0.4 is 4.74 Å². The van der Waals surface area contributed by atoms with E-state index in [0.717, 1.165) is 14.7 Å². The predicted molar refractivity (Wildman–Crippen MR) is 92.9 cm³/mol. The molecule has 1 heterocycles. The largest absolute Gasteiger partial charge is 0.481 e. The molecule has 22 heavy (non-hydrogen) atoms. The Morgan fingerprint density at radius 3 is 2.77 bits per heavy atom. The van der Waals surface area contributed by atoms with Crippen molar-refractivity contribution in [2.75, 3.05) is 7.11 Å². The average Bonchev–Trinajstić information content (AvgIpc) is 2.49. The maximum atomic E-state index is 13.4. The van der Waals surface area contributed by atoms with Crippen molar-refractivity contribution >= 4 is 34.2 Å². The monoisotopic (exact) mass is 435 g/mol. The van der Waals surface area contributed by atoms with Gasteiger partial charge in [0.25, 0.3) is 0 Å². The molecule has 0 saturated heterocycles. The smallest absolute Gasteiger partial charge is 0.213 e. The SMILES string of the molecule is COc1cc(I)c(COC(C)Cc2ccc(Cl)c(F)c2)cn1. The van der Waals surface area contributed by atoms with E-state index in [1.165, 1.54) is 6.07 Å². The Morgan fingerprint density at radius 1 is 1.36 bits per heavy atom. The molecule has 0 aliphatic heterocycles. The highest BCUT2D eigenvalue weighted by Gasteiger charge is 2.09. The highest BCUT2D eigenvalue weighted by atomic mass is 127. The van der Waals surface area contributed by atoms with Crippen molar-refractivity contribution in [3.63, 3.8) is 0 Å². The first kappa shape index (κ1) is 17.4. The molecule has 2 rings (SSSR count). The molecule has 6 heteroatoms. The molecule has 2 aromatic rings. The van der Waals surface area contributed by atoms with Gasteiger partial charge in [-0.1, -0.05) is 17.7 Å². The van der Waals surface area contributed by atoms with Crippen molar-refractivity contribution in [1.29, 1.82) is 0 Å². The van der Waals surface area contributed by atoms with Gasteiger partial charge in [0.2, 0.25) is 5.88 Å². The van der Waals surface area contributed by atoms with Gasteiger partial charge in [0.15, 0.2) is 0 Å². The summed E-state index contributed by atoms with van der Waals surface area (Å²) in [7, 11) is 1.59. The first-order chi connectivity index (χ1) is 10.5. The molecule has 1 atom stereocenters. The van der Waals surface area contributed by atoms with Crippen LogP contribution in [-0.2, 0) is 17.8 Å². The number of pyridine rings is 1. The van der Waals surface area contributed by atoms with Crippen LogP contribution in [0, 0.1) is 9.39 Å². The Hall–Kier alpha value is -0.920. The molecule has 0 spiro atoms. The molecule has 0 amide bonds. The third-order valence-corrected chi connectivity index (χ3v) is 4.45. The van der Waals surface area contributed by atoms with E-state index in [4.69, 9.17) is 21.1 Å². The third kappa shape index (κ3) is 4.79. The van der Waals surface area contributed by atoms with Crippen LogP contribution in [0.2, 0.25) is 5.02 Å². The minimum Gasteiger partial charge on any atom is -0.481 e. The van der Waals surface area contributed by atoms with Gasteiger partial charge in [-0.3, -0.25) is 0 Å². The topological polar surface area (TPSA) is 31.4 Å². The lowest BCUT2D eigenvalue weighted by Gasteiger charge is -2.14. The second kappa shape index (κ2) is 8.08. The fraction of sp³-hybridized carbons (Fsp3) is 0.312. The van der Waals surface area contributed by atoms with Gasteiger partial charge in [0.05, 0.1) is 24.8 Å². The lowest BCUT2D eigenvalue weighted by Crippen LogP contribution is -2.12. The van der Waals surface area contributed by atoms with Gasteiger partial charge in [0.1, 0.15) is 5.82 Å². The fourth-order valence-corrected chi connectivity index (χ4v) is 2.63. The van der Waals surface area contributed by atoms with E-state index in [1.807, 2.05) is 19.1 Å². The van der Waals surface area contributed by atoms with Crippen LogP contribution in [0.3, 0.4) is 0 Å². The zero-order chi connectivity index (χ0) is 16.1. The van der Waals surface area contributed by atoms with E-state index in [-0.39, 0.29) is 11.1 Å². The molecule has 0 fully saturated rings. The molecule has 118 valence electrons. The molecule has 3 nitrogen and oxygen atoms in total. The molecular weight excluding hydrogens is 420 g/mol. The van der Waals surface area contributed by atoms with Crippen molar-refractivity contribution in [3.8, 4) is 5.88 Å². The van der Waals surface area contributed by atoms with Crippen molar-refractivity contribution in [3.05, 3.63) is 56.0 Å². The summed E-state index contributed by atoms with van der Waals surface area (Å²) >= 11 is 7.90. The summed E-state index contributed by atoms with van der Waals surface area (Å²) in [4.78, 5) is 4.17. The molecular formula is C16H16ClFINO2. The number of rotatable bonds is 6. The van der Waals surface area contributed by atoms with E-state index in [2.05, 4.69) is 27.6 Å². The lowest BCUT2D eigenvalue weighted by atomic mass is 10.1. The lowest BCUT2D eigenvalue weighted by molar-refractivity contribution is 0.0529. The highest BCUT2D eigenvalue weighted by Crippen LogP contribution is 2.20. The molecule has 0 saturated carbocycles.